The average molecular weight is 396 g/mol. The van der Waals surface area contributed by atoms with E-state index in [4.69, 9.17) is 4.98 Å². The van der Waals surface area contributed by atoms with E-state index in [9.17, 15) is 4.79 Å². The van der Waals surface area contributed by atoms with Crippen LogP contribution in [0, 0.1) is 18.8 Å². The van der Waals surface area contributed by atoms with Crippen molar-refractivity contribution in [1.82, 2.24) is 24.8 Å². The predicted octanol–water partition coefficient (Wildman–Crippen LogP) is 2.93. The third kappa shape index (κ3) is 3.12. The normalized spacial score (nSPS) is 22.4. The maximum Gasteiger partial charge on any atom is 0.242 e. The van der Waals surface area contributed by atoms with Gasteiger partial charge >= 0.3 is 0 Å². The van der Waals surface area contributed by atoms with Crippen LogP contribution >= 0.6 is 11.3 Å². The lowest BCUT2D eigenvalue weighted by Gasteiger charge is -2.22. The summed E-state index contributed by atoms with van der Waals surface area (Å²) < 4.78 is 2.07. The number of nitrogens with one attached hydrogen (secondary N) is 1. The number of amides is 1. The van der Waals surface area contributed by atoms with Crippen LogP contribution in [0.25, 0.3) is 21.7 Å². The van der Waals surface area contributed by atoms with E-state index in [2.05, 4.69) is 19.8 Å². The van der Waals surface area contributed by atoms with E-state index in [0.717, 1.165) is 78.3 Å². The molecule has 6 nitrogen and oxygen atoms in total. The molecule has 0 aliphatic carbocycles. The van der Waals surface area contributed by atoms with Crippen LogP contribution in [-0.4, -0.2) is 51.5 Å². The fourth-order valence-corrected chi connectivity index (χ4v) is 5.43. The minimum atomic E-state index is 0.194. The Bertz CT molecular complexity index is 995. The Morgan fingerprint density at radius 2 is 1.96 bits per heavy atom. The van der Waals surface area contributed by atoms with Gasteiger partial charge in [0.25, 0.3) is 0 Å². The monoisotopic (exact) mass is 395 g/mol. The van der Waals surface area contributed by atoms with Crippen LogP contribution in [0.2, 0.25) is 0 Å². The third-order valence-electron chi connectivity index (χ3n) is 6.27. The van der Waals surface area contributed by atoms with Gasteiger partial charge < -0.3 is 14.8 Å². The minimum absolute atomic E-state index is 0.194. The number of rotatable bonds is 3. The molecule has 0 bridgehead atoms. The molecule has 1 N–H and O–H groups in total. The van der Waals surface area contributed by atoms with Gasteiger partial charge in [0, 0.05) is 13.1 Å². The Morgan fingerprint density at radius 3 is 2.68 bits per heavy atom. The molecule has 0 unspecified atom stereocenters. The van der Waals surface area contributed by atoms with Gasteiger partial charge in [-0.3, -0.25) is 4.79 Å². The molecule has 2 atom stereocenters. The van der Waals surface area contributed by atoms with E-state index in [0.29, 0.717) is 6.54 Å². The fraction of sp³-hybridized carbons (Fsp3) is 0.476. The van der Waals surface area contributed by atoms with Gasteiger partial charge in [0.2, 0.25) is 5.91 Å². The first-order valence-electron chi connectivity index (χ1n) is 10.0. The number of nitrogens with zero attached hydrogens (tertiary/aromatic N) is 4. The smallest absolute Gasteiger partial charge is 0.242 e. The van der Waals surface area contributed by atoms with Gasteiger partial charge in [0.1, 0.15) is 6.54 Å². The molecule has 4 heterocycles. The zero-order valence-corrected chi connectivity index (χ0v) is 16.9. The maximum atomic E-state index is 13.2. The largest absolute Gasteiger partial charge is 0.341 e. The van der Waals surface area contributed by atoms with Crippen molar-refractivity contribution in [3.63, 3.8) is 0 Å². The summed E-state index contributed by atoms with van der Waals surface area (Å²) in [5.74, 6) is 2.49. The molecular formula is C21H25N5OS. The highest BCUT2D eigenvalue weighted by Crippen LogP contribution is 2.31. The van der Waals surface area contributed by atoms with Crippen LogP contribution in [-0.2, 0) is 11.3 Å². The molecule has 3 aromatic rings. The molecule has 2 aliphatic rings. The first kappa shape index (κ1) is 17.8. The molecule has 146 valence electrons. The van der Waals surface area contributed by atoms with E-state index in [1.54, 1.807) is 11.3 Å². The number of aryl methyl sites for hydroxylation is 1. The van der Waals surface area contributed by atoms with Crippen LogP contribution < -0.4 is 5.32 Å². The summed E-state index contributed by atoms with van der Waals surface area (Å²) in [5.41, 5.74) is 4.74. The summed E-state index contributed by atoms with van der Waals surface area (Å²) in [6.07, 6.45) is 2.21. The van der Waals surface area contributed by atoms with Crippen LogP contribution in [0.1, 0.15) is 18.5 Å². The molecule has 1 aromatic carbocycles. The van der Waals surface area contributed by atoms with Crippen molar-refractivity contribution in [3.05, 3.63) is 35.5 Å². The number of imidazole rings is 1. The van der Waals surface area contributed by atoms with Crippen molar-refractivity contribution >= 4 is 28.3 Å². The second-order valence-corrected chi connectivity index (χ2v) is 8.77. The van der Waals surface area contributed by atoms with Crippen molar-refractivity contribution in [2.24, 2.45) is 11.8 Å². The van der Waals surface area contributed by atoms with E-state index in [1.165, 1.54) is 0 Å². The SMILES string of the molecule is Cc1ncsc1-c1nc2ccccc2n1CC(=O)N1CC[C@@H]2CNC[C@@H]2CC1. The Kier molecular flexibility index (Phi) is 4.64. The van der Waals surface area contributed by atoms with Gasteiger partial charge in [0.15, 0.2) is 5.82 Å². The van der Waals surface area contributed by atoms with E-state index in [1.807, 2.05) is 36.7 Å². The van der Waals surface area contributed by atoms with Crippen LogP contribution in [0.4, 0.5) is 0 Å². The standard InChI is InChI=1S/C21H25N5OS/c1-14-20(28-13-23-14)21-24-17-4-2-3-5-18(17)26(21)12-19(27)25-8-6-15-10-22-11-16(15)7-9-25/h2-5,13,15-16,22H,6-12H2,1H3/t15-,16+. The first-order valence-corrected chi connectivity index (χ1v) is 10.9. The molecule has 2 aromatic heterocycles. The lowest BCUT2D eigenvalue weighted by molar-refractivity contribution is -0.131. The van der Waals surface area contributed by atoms with Crippen molar-refractivity contribution in [2.45, 2.75) is 26.3 Å². The van der Waals surface area contributed by atoms with E-state index >= 15 is 0 Å². The number of carbonyl (C=O) groups is 1. The number of likely N-dealkylation sites (tertiary alicyclic amines) is 1. The van der Waals surface area contributed by atoms with Gasteiger partial charge in [-0.2, -0.15) is 0 Å². The molecule has 28 heavy (non-hydrogen) atoms. The number of thiazole rings is 1. The highest BCUT2D eigenvalue weighted by Gasteiger charge is 2.31. The number of para-hydroxylation sites is 2. The van der Waals surface area contributed by atoms with Gasteiger partial charge in [0.05, 0.1) is 27.1 Å². The van der Waals surface area contributed by atoms with Crippen LogP contribution in [0.5, 0.6) is 0 Å². The molecule has 2 saturated heterocycles. The number of carbonyl (C=O) groups excluding carboxylic acids is 1. The molecule has 0 saturated carbocycles. The minimum Gasteiger partial charge on any atom is -0.341 e. The lowest BCUT2D eigenvalue weighted by Crippen LogP contribution is -2.35. The van der Waals surface area contributed by atoms with E-state index in [-0.39, 0.29) is 5.91 Å². The van der Waals surface area contributed by atoms with Crippen LogP contribution in [0.15, 0.2) is 29.8 Å². The summed E-state index contributed by atoms with van der Waals surface area (Å²) in [6, 6.07) is 8.06. The topological polar surface area (TPSA) is 63.1 Å². The predicted molar refractivity (Wildman–Crippen MR) is 111 cm³/mol. The second-order valence-electron chi connectivity index (χ2n) is 7.91. The maximum absolute atomic E-state index is 13.2. The Morgan fingerprint density at radius 1 is 1.21 bits per heavy atom. The highest BCUT2D eigenvalue weighted by molar-refractivity contribution is 7.13. The molecule has 0 radical (unpaired) electrons. The summed E-state index contributed by atoms with van der Waals surface area (Å²) >= 11 is 1.58. The fourth-order valence-electron chi connectivity index (χ4n) is 4.63. The van der Waals surface area contributed by atoms with E-state index < -0.39 is 0 Å². The Balaban J connectivity index is 1.44. The number of benzene rings is 1. The molecule has 1 amide bonds. The molecular weight excluding hydrogens is 370 g/mol. The zero-order valence-electron chi connectivity index (χ0n) is 16.1. The van der Waals surface area contributed by atoms with Gasteiger partial charge in [-0.15, -0.1) is 11.3 Å². The van der Waals surface area contributed by atoms with Gasteiger partial charge in [-0.1, -0.05) is 12.1 Å². The molecule has 2 fully saturated rings. The van der Waals surface area contributed by atoms with Gasteiger partial charge in [-0.05, 0) is 56.8 Å². The quantitative estimate of drug-likeness (QED) is 0.741. The summed E-state index contributed by atoms with van der Waals surface area (Å²) in [7, 11) is 0. The number of aromatic nitrogens is 3. The van der Waals surface area contributed by atoms with Crippen molar-refractivity contribution in [2.75, 3.05) is 26.2 Å². The third-order valence-corrected chi connectivity index (χ3v) is 7.19. The number of hydrogen-bond donors (Lipinski definition) is 1. The second kappa shape index (κ2) is 7.29. The zero-order chi connectivity index (χ0) is 19.1. The summed E-state index contributed by atoms with van der Waals surface area (Å²) in [5, 5.41) is 3.50. The molecule has 0 spiro atoms. The highest BCUT2D eigenvalue weighted by atomic mass is 32.1. The Hall–Kier alpha value is -2.25. The summed E-state index contributed by atoms with van der Waals surface area (Å²) in [4.78, 5) is 25.6. The average Bonchev–Trinajstić information content (AvgIpc) is 3.38. The molecule has 2 aliphatic heterocycles. The lowest BCUT2D eigenvalue weighted by atomic mass is 9.92. The van der Waals surface area contributed by atoms with Crippen molar-refractivity contribution < 1.29 is 4.79 Å². The van der Waals surface area contributed by atoms with Crippen molar-refractivity contribution in [1.29, 1.82) is 0 Å². The van der Waals surface area contributed by atoms with Crippen molar-refractivity contribution in [3.8, 4) is 10.7 Å². The molecule has 5 rings (SSSR count). The first-order chi connectivity index (χ1) is 13.7. The van der Waals surface area contributed by atoms with Crippen LogP contribution in [0.3, 0.4) is 0 Å². The number of hydrogen-bond acceptors (Lipinski definition) is 5. The van der Waals surface area contributed by atoms with Gasteiger partial charge in [-0.25, -0.2) is 9.97 Å². The molecule has 7 heteroatoms. The summed E-state index contributed by atoms with van der Waals surface area (Å²) in [6.45, 7) is 6.27. The Labute approximate surface area is 168 Å². The number of fused-ring (bicyclic) bond motifs is 2.